The van der Waals surface area contributed by atoms with Gasteiger partial charge in [0.05, 0.1) is 0 Å². The molecular formula is C4H7NW. The summed E-state index contributed by atoms with van der Waals surface area (Å²) in [6.07, 6.45) is 3.88. The molecule has 0 aliphatic rings. The summed E-state index contributed by atoms with van der Waals surface area (Å²) < 4.78 is 2.05. The predicted octanol–water partition coefficient (Wildman–Crippen LogP) is 0.0685. The van der Waals surface area contributed by atoms with Crippen LogP contribution < -0.4 is 5.32 Å². The first-order valence-corrected chi connectivity index (χ1v) is 3.38. The van der Waals surface area contributed by atoms with Gasteiger partial charge in [-0.2, -0.15) is 0 Å². The van der Waals surface area contributed by atoms with Crippen molar-refractivity contribution in [2.75, 3.05) is 7.05 Å². The minimum atomic E-state index is 1.48. The second-order valence-corrected chi connectivity index (χ2v) is 1.76. The van der Waals surface area contributed by atoms with Crippen LogP contribution in [0.4, 0.5) is 0 Å². The zero-order valence-corrected chi connectivity index (χ0v) is 6.57. The van der Waals surface area contributed by atoms with E-state index >= 15 is 0 Å². The Balaban J connectivity index is 2.94. The van der Waals surface area contributed by atoms with E-state index in [4.69, 9.17) is 0 Å². The maximum absolute atomic E-state index is 2.87. The van der Waals surface area contributed by atoms with E-state index in [2.05, 4.69) is 9.72 Å². The molecule has 0 rings (SSSR count). The van der Waals surface area contributed by atoms with Gasteiger partial charge >= 0.3 is 48.4 Å². The Morgan fingerprint density at radius 2 is 2.33 bits per heavy atom. The quantitative estimate of drug-likeness (QED) is 0.734. The zero-order chi connectivity index (χ0) is 4.83. The third-order valence-corrected chi connectivity index (χ3v) is 0.906. The molecule has 2 heteroatoms. The molecular weight excluding hydrogens is 246 g/mol. The molecule has 34 valence electrons. The van der Waals surface area contributed by atoms with Crippen LogP contribution in [0.25, 0.3) is 0 Å². The van der Waals surface area contributed by atoms with Crippen LogP contribution in [0.2, 0.25) is 0 Å². The van der Waals surface area contributed by atoms with Gasteiger partial charge in [0.25, 0.3) is 0 Å². The van der Waals surface area contributed by atoms with Crippen molar-refractivity contribution in [2.24, 2.45) is 0 Å². The van der Waals surface area contributed by atoms with E-state index in [-0.39, 0.29) is 0 Å². The normalized spacial score (nSPS) is 8.83. The Morgan fingerprint density at radius 3 is 2.50 bits per heavy atom. The number of hydrogen-bond donors (Lipinski definition) is 1. The van der Waals surface area contributed by atoms with Crippen molar-refractivity contribution in [3.8, 4) is 0 Å². The SMILES string of the molecule is CNC=C[CH]=[W]. The van der Waals surface area contributed by atoms with Gasteiger partial charge < -0.3 is 0 Å². The van der Waals surface area contributed by atoms with Gasteiger partial charge in [0, 0.05) is 0 Å². The van der Waals surface area contributed by atoms with Crippen molar-refractivity contribution in [2.45, 2.75) is 0 Å². The summed E-state index contributed by atoms with van der Waals surface area (Å²) in [4.78, 5) is 0. The van der Waals surface area contributed by atoms with E-state index in [9.17, 15) is 0 Å². The number of nitrogens with one attached hydrogen (secondary N) is 1. The molecule has 0 saturated heterocycles. The molecule has 1 N–H and O–H groups in total. The van der Waals surface area contributed by atoms with E-state index in [1.54, 1.807) is 0 Å². The van der Waals surface area contributed by atoms with Crippen molar-refractivity contribution in [1.82, 2.24) is 5.32 Å². The Kier molecular flexibility index (Phi) is 5.18. The molecule has 0 amide bonds. The minimum absolute atomic E-state index is 1.48. The molecule has 0 radical (unpaired) electrons. The zero-order valence-electron chi connectivity index (χ0n) is 3.64. The summed E-state index contributed by atoms with van der Waals surface area (Å²) >= 11 is 1.48. The van der Waals surface area contributed by atoms with Gasteiger partial charge in [-0.3, -0.25) is 0 Å². The van der Waals surface area contributed by atoms with Gasteiger partial charge in [0.2, 0.25) is 0 Å². The summed E-state index contributed by atoms with van der Waals surface area (Å²) in [7, 11) is 1.88. The molecule has 0 spiro atoms. The third kappa shape index (κ3) is 4.10. The Hall–Kier alpha value is 0.0983. The third-order valence-electron chi connectivity index (χ3n) is 0.341. The summed E-state index contributed by atoms with van der Waals surface area (Å²) in [6, 6.07) is 0. The Morgan fingerprint density at radius 1 is 1.67 bits per heavy atom. The van der Waals surface area contributed by atoms with E-state index in [0.717, 1.165) is 0 Å². The van der Waals surface area contributed by atoms with E-state index in [1.807, 2.05) is 19.3 Å². The second kappa shape index (κ2) is 5.10. The van der Waals surface area contributed by atoms with Crippen LogP contribution in [0, 0.1) is 0 Å². The molecule has 0 aromatic carbocycles. The first kappa shape index (κ1) is 6.10. The van der Waals surface area contributed by atoms with Gasteiger partial charge in [0.15, 0.2) is 0 Å². The monoisotopic (exact) mass is 253 g/mol. The van der Waals surface area contributed by atoms with Crippen molar-refractivity contribution in [1.29, 1.82) is 0 Å². The van der Waals surface area contributed by atoms with Crippen LogP contribution in [-0.4, -0.2) is 11.4 Å². The first-order chi connectivity index (χ1) is 2.91. The standard InChI is InChI=1S/C4H7N.W/c1-3-4-5-2;/h1,3-5H,2H3;. The van der Waals surface area contributed by atoms with Crippen LogP contribution >= 0.6 is 0 Å². The van der Waals surface area contributed by atoms with Crippen LogP contribution in [-0.2, 0) is 19.4 Å². The topological polar surface area (TPSA) is 12.0 Å². The fourth-order valence-corrected chi connectivity index (χ4v) is 0.418. The van der Waals surface area contributed by atoms with E-state index in [1.165, 1.54) is 19.4 Å². The van der Waals surface area contributed by atoms with Crippen LogP contribution in [0.15, 0.2) is 12.3 Å². The van der Waals surface area contributed by atoms with Crippen LogP contribution in [0.3, 0.4) is 0 Å². The maximum atomic E-state index is 2.87. The summed E-state index contributed by atoms with van der Waals surface area (Å²) in [5.41, 5.74) is 0. The van der Waals surface area contributed by atoms with Crippen LogP contribution in [0.1, 0.15) is 0 Å². The van der Waals surface area contributed by atoms with Crippen molar-refractivity contribution in [3.05, 3.63) is 12.3 Å². The van der Waals surface area contributed by atoms with Crippen LogP contribution in [0.5, 0.6) is 0 Å². The fraction of sp³-hybridized carbons (Fsp3) is 0.250. The molecule has 0 bridgehead atoms. The molecule has 1 nitrogen and oxygen atoms in total. The number of allylic oxidation sites excluding steroid dienone is 1. The van der Waals surface area contributed by atoms with Gasteiger partial charge in [0.1, 0.15) is 0 Å². The first-order valence-electron chi connectivity index (χ1n) is 1.69. The summed E-state index contributed by atoms with van der Waals surface area (Å²) in [5, 5.41) is 2.87. The molecule has 0 saturated carbocycles. The average Bonchev–Trinajstić information content (AvgIpc) is 1.61. The van der Waals surface area contributed by atoms with E-state index in [0.29, 0.717) is 0 Å². The molecule has 0 aliphatic heterocycles. The Bertz CT molecular complexity index is 58.6. The van der Waals surface area contributed by atoms with Gasteiger partial charge in [-0.25, -0.2) is 0 Å². The van der Waals surface area contributed by atoms with Gasteiger partial charge in [-0.15, -0.1) is 0 Å². The average molecular weight is 253 g/mol. The van der Waals surface area contributed by atoms with Crippen molar-refractivity contribution in [3.63, 3.8) is 0 Å². The predicted molar refractivity (Wildman–Crippen MR) is 24.3 cm³/mol. The summed E-state index contributed by atoms with van der Waals surface area (Å²) in [5.74, 6) is 0. The molecule has 0 unspecified atom stereocenters. The summed E-state index contributed by atoms with van der Waals surface area (Å²) in [6.45, 7) is 0. The molecule has 0 atom stereocenters. The molecule has 0 heterocycles. The Labute approximate surface area is 48.8 Å². The number of rotatable bonds is 2. The van der Waals surface area contributed by atoms with Gasteiger partial charge in [-0.1, -0.05) is 0 Å². The second-order valence-electron chi connectivity index (χ2n) is 0.784. The fourth-order valence-electron chi connectivity index (χ4n) is 0.136. The molecule has 0 fully saturated rings. The number of hydrogen-bond acceptors (Lipinski definition) is 1. The molecule has 6 heavy (non-hydrogen) atoms. The van der Waals surface area contributed by atoms with E-state index < -0.39 is 0 Å². The molecule has 0 aromatic heterocycles. The van der Waals surface area contributed by atoms with Crippen molar-refractivity contribution < 1.29 is 19.4 Å². The molecule has 0 aliphatic carbocycles. The molecule has 0 aromatic rings. The van der Waals surface area contributed by atoms with Gasteiger partial charge in [-0.05, 0) is 0 Å². The van der Waals surface area contributed by atoms with Crippen molar-refractivity contribution >= 4 is 4.40 Å².